The number of halogens is 1. The molecular formula is C29H38FN5O2. The number of carbonyl (C=O) groups excluding carboxylic acids is 1. The molecule has 1 aromatic heterocycles. The van der Waals surface area contributed by atoms with Crippen LogP contribution in [0.2, 0.25) is 0 Å². The van der Waals surface area contributed by atoms with Crippen LogP contribution in [0.1, 0.15) is 46.6 Å². The van der Waals surface area contributed by atoms with E-state index in [1.807, 2.05) is 39.0 Å². The molecule has 1 aliphatic rings. The maximum atomic E-state index is 14.0. The van der Waals surface area contributed by atoms with Crippen molar-refractivity contribution in [3.63, 3.8) is 0 Å². The summed E-state index contributed by atoms with van der Waals surface area (Å²) in [5.41, 5.74) is 1.84. The van der Waals surface area contributed by atoms with Crippen molar-refractivity contribution < 1.29 is 9.18 Å². The zero-order chi connectivity index (χ0) is 26.9. The molecular weight excluding hydrogens is 469 g/mol. The van der Waals surface area contributed by atoms with E-state index < -0.39 is 5.54 Å². The van der Waals surface area contributed by atoms with E-state index in [4.69, 9.17) is 4.98 Å². The van der Waals surface area contributed by atoms with Gasteiger partial charge in [-0.25, -0.2) is 9.37 Å². The van der Waals surface area contributed by atoms with E-state index >= 15 is 0 Å². The zero-order valence-corrected chi connectivity index (χ0v) is 22.8. The number of aryl methyl sites for hydroxylation is 1. The number of anilines is 1. The monoisotopic (exact) mass is 507 g/mol. The first-order valence-corrected chi connectivity index (χ1v) is 13.0. The molecule has 0 spiro atoms. The number of hydrogen-bond donors (Lipinski definition) is 1. The quantitative estimate of drug-likeness (QED) is 0.556. The van der Waals surface area contributed by atoms with Crippen LogP contribution in [-0.2, 0) is 11.3 Å². The molecule has 0 aliphatic carbocycles. The molecule has 0 saturated carbocycles. The third kappa shape index (κ3) is 6.18. The number of hydrogen-bond acceptors (Lipinski definition) is 5. The van der Waals surface area contributed by atoms with Crippen LogP contribution in [0.25, 0.3) is 22.3 Å². The molecule has 7 nitrogen and oxygen atoms in total. The number of aromatic nitrogens is 2. The van der Waals surface area contributed by atoms with Crippen molar-refractivity contribution >= 4 is 22.5 Å². The van der Waals surface area contributed by atoms with Crippen molar-refractivity contribution in [3.05, 3.63) is 58.1 Å². The number of carbonyl (C=O) groups is 1. The van der Waals surface area contributed by atoms with E-state index in [1.54, 1.807) is 19.1 Å². The smallest absolute Gasteiger partial charge is 0.262 e. The fourth-order valence-corrected chi connectivity index (χ4v) is 4.87. The fraction of sp³-hybridized carbons (Fsp3) is 0.483. The second-order valence-electron chi connectivity index (χ2n) is 11.3. The van der Waals surface area contributed by atoms with Crippen molar-refractivity contribution in [3.8, 4) is 11.4 Å². The van der Waals surface area contributed by atoms with Crippen LogP contribution in [0.15, 0.2) is 41.2 Å². The minimum absolute atomic E-state index is 0.178. The zero-order valence-electron chi connectivity index (χ0n) is 22.8. The predicted octanol–water partition coefficient (Wildman–Crippen LogP) is 4.35. The Bertz CT molecular complexity index is 1360. The largest absolute Gasteiger partial charge is 0.370 e. The first kappa shape index (κ1) is 26.8. The van der Waals surface area contributed by atoms with Crippen LogP contribution in [0, 0.1) is 12.7 Å². The molecule has 0 radical (unpaired) electrons. The maximum absolute atomic E-state index is 14.0. The van der Waals surface area contributed by atoms with Gasteiger partial charge in [0.1, 0.15) is 18.2 Å². The van der Waals surface area contributed by atoms with Gasteiger partial charge in [0.05, 0.1) is 10.9 Å². The van der Waals surface area contributed by atoms with Gasteiger partial charge in [-0.1, -0.05) is 0 Å². The van der Waals surface area contributed by atoms with E-state index in [-0.39, 0.29) is 23.8 Å². The van der Waals surface area contributed by atoms with Gasteiger partial charge in [-0.2, -0.15) is 0 Å². The molecule has 2 heterocycles. The molecule has 2 aromatic carbocycles. The minimum Gasteiger partial charge on any atom is -0.370 e. The third-order valence-electron chi connectivity index (χ3n) is 6.80. The third-order valence-corrected chi connectivity index (χ3v) is 6.80. The summed E-state index contributed by atoms with van der Waals surface area (Å²) in [4.78, 5) is 36.3. The summed E-state index contributed by atoms with van der Waals surface area (Å²) in [5, 5.41) is 3.39. The van der Waals surface area contributed by atoms with Crippen molar-refractivity contribution in [2.24, 2.45) is 0 Å². The highest BCUT2D eigenvalue weighted by Gasteiger charge is 2.21. The summed E-state index contributed by atoms with van der Waals surface area (Å²) in [7, 11) is 0. The van der Waals surface area contributed by atoms with Gasteiger partial charge in [0.15, 0.2) is 0 Å². The Hall–Kier alpha value is -3.26. The van der Waals surface area contributed by atoms with E-state index in [1.165, 1.54) is 10.6 Å². The van der Waals surface area contributed by atoms with E-state index in [9.17, 15) is 14.0 Å². The summed E-state index contributed by atoms with van der Waals surface area (Å²) in [5.74, 6) is -0.268. The molecule has 0 atom stereocenters. The lowest BCUT2D eigenvalue weighted by atomic mass is 10.1. The summed E-state index contributed by atoms with van der Waals surface area (Å²) in [6.45, 7) is 15.4. The predicted molar refractivity (Wildman–Crippen MR) is 148 cm³/mol. The normalized spacial score (nSPS) is 15.3. The van der Waals surface area contributed by atoms with Crippen LogP contribution < -0.4 is 15.8 Å². The molecule has 4 rings (SSSR count). The van der Waals surface area contributed by atoms with Crippen LogP contribution >= 0.6 is 0 Å². The maximum Gasteiger partial charge on any atom is 0.262 e. The average Bonchev–Trinajstić information content (AvgIpc) is 3.08. The molecule has 0 bridgehead atoms. The number of benzene rings is 2. The van der Waals surface area contributed by atoms with Crippen LogP contribution in [-0.4, -0.2) is 58.1 Å². The Balaban J connectivity index is 1.79. The van der Waals surface area contributed by atoms with Gasteiger partial charge >= 0.3 is 0 Å². The number of nitrogens with zero attached hydrogens (tertiary/aromatic N) is 4. The first-order chi connectivity index (χ1) is 17.4. The first-order valence-electron chi connectivity index (χ1n) is 13.0. The number of fused-ring (bicyclic) bond motifs is 1. The van der Waals surface area contributed by atoms with Gasteiger partial charge in [0.25, 0.3) is 5.56 Å². The topological polar surface area (TPSA) is 70.5 Å². The SMILES string of the molecule is Cc1cc(-c2nc3ccc(N4CCCN(C(C)C)CC4)cc3c(=O)n2CC(=O)NC(C)(C)C)ccc1F. The van der Waals surface area contributed by atoms with E-state index in [0.717, 1.165) is 38.3 Å². The summed E-state index contributed by atoms with van der Waals surface area (Å²) in [6, 6.07) is 10.9. The minimum atomic E-state index is -0.443. The van der Waals surface area contributed by atoms with Crippen LogP contribution in [0.3, 0.4) is 0 Å². The Morgan fingerprint density at radius 1 is 1.08 bits per heavy atom. The summed E-state index contributed by atoms with van der Waals surface area (Å²) in [6.07, 6.45) is 1.05. The van der Waals surface area contributed by atoms with Gasteiger partial charge < -0.3 is 10.2 Å². The molecule has 1 fully saturated rings. The van der Waals surface area contributed by atoms with Gasteiger partial charge in [-0.3, -0.25) is 19.1 Å². The molecule has 1 amide bonds. The van der Waals surface area contributed by atoms with Crippen molar-refractivity contribution in [2.45, 2.75) is 66.1 Å². The standard InChI is InChI=1S/C29H38FN5O2/c1-19(2)33-12-7-13-34(15-14-33)22-9-11-25-23(17-22)28(37)35(18-26(36)32-29(4,5)6)27(31-25)21-8-10-24(30)20(3)16-21/h8-11,16-17,19H,7,12-15,18H2,1-6H3,(H,32,36). The number of rotatable bonds is 5. The summed E-state index contributed by atoms with van der Waals surface area (Å²) < 4.78 is 15.4. The highest BCUT2D eigenvalue weighted by atomic mass is 19.1. The number of nitrogens with one attached hydrogen (secondary N) is 1. The molecule has 1 N–H and O–H groups in total. The van der Waals surface area contributed by atoms with Crippen LogP contribution in [0.5, 0.6) is 0 Å². The lowest BCUT2D eigenvalue weighted by Crippen LogP contribution is -2.43. The fourth-order valence-electron chi connectivity index (χ4n) is 4.87. The van der Waals surface area contributed by atoms with Gasteiger partial charge in [0, 0.05) is 49.0 Å². The van der Waals surface area contributed by atoms with Crippen molar-refractivity contribution in [1.29, 1.82) is 0 Å². The summed E-state index contributed by atoms with van der Waals surface area (Å²) >= 11 is 0. The van der Waals surface area contributed by atoms with E-state index in [0.29, 0.717) is 33.9 Å². The Morgan fingerprint density at radius 3 is 2.51 bits per heavy atom. The molecule has 1 aliphatic heterocycles. The lowest BCUT2D eigenvalue weighted by molar-refractivity contribution is -0.123. The van der Waals surface area contributed by atoms with Gasteiger partial charge in [-0.15, -0.1) is 0 Å². The van der Waals surface area contributed by atoms with Gasteiger partial charge in [0.2, 0.25) is 5.91 Å². The van der Waals surface area contributed by atoms with Crippen molar-refractivity contribution in [1.82, 2.24) is 19.8 Å². The highest BCUT2D eigenvalue weighted by molar-refractivity contribution is 5.85. The van der Waals surface area contributed by atoms with Gasteiger partial charge in [-0.05, 0) is 89.9 Å². The molecule has 1 saturated heterocycles. The average molecular weight is 508 g/mol. The molecule has 8 heteroatoms. The molecule has 0 unspecified atom stereocenters. The molecule has 37 heavy (non-hydrogen) atoms. The molecule has 3 aromatic rings. The Kier molecular flexibility index (Phi) is 7.69. The van der Waals surface area contributed by atoms with Crippen molar-refractivity contribution in [2.75, 3.05) is 31.1 Å². The van der Waals surface area contributed by atoms with Crippen LogP contribution in [0.4, 0.5) is 10.1 Å². The lowest BCUT2D eigenvalue weighted by Gasteiger charge is -2.26. The highest BCUT2D eigenvalue weighted by Crippen LogP contribution is 2.25. The second kappa shape index (κ2) is 10.6. The Labute approximate surface area is 218 Å². The Morgan fingerprint density at radius 2 is 1.84 bits per heavy atom. The number of amides is 1. The molecule has 198 valence electrons. The van der Waals surface area contributed by atoms with E-state index in [2.05, 4.69) is 29.0 Å². The second-order valence-corrected chi connectivity index (χ2v) is 11.3.